The van der Waals surface area contributed by atoms with Gasteiger partial charge in [0.25, 0.3) is 0 Å². The molecule has 3 rings (SSSR count). The molecule has 25 heavy (non-hydrogen) atoms. The molecule has 0 aromatic rings. The largest absolute Gasteiger partial charge is 0.462 e. The Balaban J connectivity index is 1.93. The minimum absolute atomic E-state index is 0.0894. The van der Waals surface area contributed by atoms with Crippen molar-refractivity contribution in [3.63, 3.8) is 0 Å². The van der Waals surface area contributed by atoms with E-state index in [1.807, 2.05) is 6.92 Å². The van der Waals surface area contributed by atoms with Crippen molar-refractivity contribution in [3.05, 3.63) is 0 Å². The molecule has 3 aliphatic rings. The van der Waals surface area contributed by atoms with Crippen LogP contribution in [-0.2, 0) is 28.6 Å². The van der Waals surface area contributed by atoms with Crippen LogP contribution in [0.25, 0.3) is 0 Å². The van der Waals surface area contributed by atoms with Crippen molar-refractivity contribution in [2.45, 2.75) is 72.2 Å². The number of esters is 3. The summed E-state index contributed by atoms with van der Waals surface area (Å²) in [5.74, 6) is -1.06. The zero-order valence-electron chi connectivity index (χ0n) is 15.6. The maximum Gasteiger partial charge on any atom is 0.309 e. The molecule has 6 nitrogen and oxygen atoms in total. The van der Waals surface area contributed by atoms with Gasteiger partial charge in [0.1, 0.15) is 18.3 Å². The molecule has 1 aliphatic heterocycles. The highest BCUT2D eigenvalue weighted by molar-refractivity contribution is 5.75. The molecule has 0 amide bonds. The van der Waals surface area contributed by atoms with E-state index in [9.17, 15) is 14.4 Å². The predicted octanol–water partition coefficient (Wildman–Crippen LogP) is 2.48. The van der Waals surface area contributed by atoms with Crippen LogP contribution in [0, 0.1) is 29.1 Å². The number of hydrogen-bond donors (Lipinski definition) is 0. The lowest BCUT2D eigenvalue weighted by Gasteiger charge is -2.55. The molecule has 2 saturated carbocycles. The first-order valence-corrected chi connectivity index (χ1v) is 9.19. The summed E-state index contributed by atoms with van der Waals surface area (Å²) < 4.78 is 16.9. The minimum Gasteiger partial charge on any atom is -0.462 e. The third-order valence-corrected chi connectivity index (χ3v) is 6.62. The van der Waals surface area contributed by atoms with Gasteiger partial charge < -0.3 is 14.2 Å². The quantitative estimate of drug-likeness (QED) is 0.561. The van der Waals surface area contributed by atoms with Crippen molar-refractivity contribution in [1.82, 2.24) is 0 Å². The van der Waals surface area contributed by atoms with E-state index in [-0.39, 0.29) is 65.3 Å². The van der Waals surface area contributed by atoms with Crippen LogP contribution in [-0.4, -0.2) is 36.2 Å². The van der Waals surface area contributed by atoms with Gasteiger partial charge in [-0.3, -0.25) is 14.4 Å². The lowest BCUT2D eigenvalue weighted by molar-refractivity contribution is -0.193. The summed E-state index contributed by atoms with van der Waals surface area (Å²) in [4.78, 5) is 35.3. The molecule has 0 N–H and O–H groups in total. The van der Waals surface area contributed by atoms with Crippen LogP contribution in [0.15, 0.2) is 0 Å². The molecule has 1 heterocycles. The van der Waals surface area contributed by atoms with Gasteiger partial charge in [-0.1, -0.05) is 20.8 Å². The molecule has 0 aromatic carbocycles. The Kier molecular flexibility index (Phi) is 4.58. The molecular weight excluding hydrogens is 324 g/mol. The lowest BCUT2D eigenvalue weighted by Crippen LogP contribution is -2.58. The van der Waals surface area contributed by atoms with Gasteiger partial charge in [-0.15, -0.1) is 0 Å². The van der Waals surface area contributed by atoms with Gasteiger partial charge in [-0.2, -0.15) is 0 Å². The van der Waals surface area contributed by atoms with Crippen LogP contribution in [0.3, 0.4) is 0 Å². The number of carbonyl (C=O) groups is 3. The van der Waals surface area contributed by atoms with E-state index in [2.05, 4.69) is 13.8 Å². The van der Waals surface area contributed by atoms with Crippen LogP contribution < -0.4 is 0 Å². The molecular formula is C19H28O6. The SMILES string of the molecule is CC(=O)O[C@H]1CC[C@]2(C)C[C@H](OC(C)=O)[C@@H]3[C@H](OC(=O)[C@H]3C)[C@H]2[C@H]1C. The molecule has 6 heteroatoms. The van der Waals surface area contributed by atoms with E-state index in [0.29, 0.717) is 0 Å². The summed E-state index contributed by atoms with van der Waals surface area (Å²) in [6.07, 6.45) is 1.60. The van der Waals surface area contributed by atoms with Crippen LogP contribution >= 0.6 is 0 Å². The molecule has 2 aliphatic carbocycles. The van der Waals surface area contributed by atoms with E-state index in [0.717, 1.165) is 19.3 Å². The van der Waals surface area contributed by atoms with E-state index < -0.39 is 0 Å². The van der Waals surface area contributed by atoms with Gasteiger partial charge in [-0.05, 0) is 30.6 Å². The molecule has 1 saturated heterocycles. The third kappa shape index (κ3) is 3.04. The van der Waals surface area contributed by atoms with Gasteiger partial charge in [0.2, 0.25) is 0 Å². The zero-order chi connectivity index (χ0) is 18.5. The Bertz CT molecular complexity index is 586. The summed E-state index contributed by atoms with van der Waals surface area (Å²) in [7, 11) is 0. The van der Waals surface area contributed by atoms with Gasteiger partial charge in [0.15, 0.2) is 0 Å². The Morgan fingerprint density at radius 1 is 1.12 bits per heavy atom. The Labute approximate surface area is 148 Å². The van der Waals surface area contributed by atoms with Crippen molar-refractivity contribution in [2.24, 2.45) is 29.1 Å². The van der Waals surface area contributed by atoms with Gasteiger partial charge in [0.05, 0.1) is 5.92 Å². The fourth-order valence-corrected chi connectivity index (χ4v) is 5.62. The summed E-state index contributed by atoms with van der Waals surface area (Å²) in [5, 5.41) is 0. The van der Waals surface area contributed by atoms with Crippen LogP contribution in [0.5, 0.6) is 0 Å². The Morgan fingerprint density at radius 3 is 2.32 bits per heavy atom. The zero-order valence-corrected chi connectivity index (χ0v) is 15.6. The maximum atomic E-state index is 12.3. The second-order valence-electron chi connectivity index (χ2n) is 8.35. The second kappa shape index (κ2) is 6.29. The molecule has 140 valence electrons. The highest BCUT2D eigenvalue weighted by atomic mass is 16.6. The summed E-state index contributed by atoms with van der Waals surface area (Å²) in [5.41, 5.74) is -0.109. The van der Waals surface area contributed by atoms with Crippen molar-refractivity contribution in [1.29, 1.82) is 0 Å². The number of hydrogen-bond acceptors (Lipinski definition) is 6. The summed E-state index contributed by atoms with van der Waals surface area (Å²) >= 11 is 0. The van der Waals surface area contributed by atoms with Crippen molar-refractivity contribution in [3.8, 4) is 0 Å². The van der Waals surface area contributed by atoms with E-state index in [1.165, 1.54) is 13.8 Å². The van der Waals surface area contributed by atoms with Crippen LogP contribution in [0.1, 0.15) is 53.9 Å². The first-order chi connectivity index (χ1) is 11.6. The maximum absolute atomic E-state index is 12.3. The fourth-order valence-electron chi connectivity index (χ4n) is 5.62. The average Bonchev–Trinajstić information content (AvgIpc) is 2.76. The number of fused-ring (bicyclic) bond motifs is 3. The first-order valence-electron chi connectivity index (χ1n) is 9.19. The molecule has 0 spiro atoms. The standard InChI is InChI=1S/C19H28O6/c1-9-13(23-11(3)20)6-7-19(5)8-14(24-12(4)21)15-10(2)18(22)25-17(15)16(9)19/h9-10,13-17H,6-8H2,1-5H3/t9-,10-,13-,14-,15+,16+,17-,19+/m0/s1. The van der Waals surface area contributed by atoms with E-state index in [4.69, 9.17) is 14.2 Å². The highest BCUT2D eigenvalue weighted by Crippen LogP contribution is 2.58. The van der Waals surface area contributed by atoms with Gasteiger partial charge in [-0.25, -0.2) is 0 Å². The smallest absolute Gasteiger partial charge is 0.309 e. The first kappa shape index (κ1) is 18.2. The molecule has 0 aromatic heterocycles. The van der Waals surface area contributed by atoms with Gasteiger partial charge in [0, 0.05) is 25.7 Å². The monoisotopic (exact) mass is 352 g/mol. The third-order valence-electron chi connectivity index (χ3n) is 6.62. The number of ether oxygens (including phenoxy) is 3. The van der Waals surface area contributed by atoms with Crippen molar-refractivity contribution < 1.29 is 28.6 Å². The molecule has 0 bridgehead atoms. The average molecular weight is 352 g/mol. The fraction of sp³-hybridized carbons (Fsp3) is 0.842. The van der Waals surface area contributed by atoms with Crippen LogP contribution in [0.2, 0.25) is 0 Å². The van der Waals surface area contributed by atoms with Crippen molar-refractivity contribution in [2.75, 3.05) is 0 Å². The second-order valence-corrected chi connectivity index (χ2v) is 8.35. The normalized spacial score (nSPS) is 45.8. The van der Waals surface area contributed by atoms with E-state index >= 15 is 0 Å². The number of rotatable bonds is 2. The minimum atomic E-state index is -0.320. The summed E-state index contributed by atoms with van der Waals surface area (Å²) in [6.45, 7) is 8.95. The molecule has 8 atom stereocenters. The highest BCUT2D eigenvalue weighted by Gasteiger charge is 2.63. The predicted molar refractivity (Wildman–Crippen MR) is 88.3 cm³/mol. The van der Waals surface area contributed by atoms with Crippen LogP contribution in [0.4, 0.5) is 0 Å². The van der Waals surface area contributed by atoms with E-state index in [1.54, 1.807) is 0 Å². The topological polar surface area (TPSA) is 78.9 Å². The Hall–Kier alpha value is -1.59. The van der Waals surface area contributed by atoms with Crippen molar-refractivity contribution >= 4 is 17.9 Å². The number of carbonyl (C=O) groups excluding carboxylic acids is 3. The molecule has 0 unspecified atom stereocenters. The Morgan fingerprint density at radius 2 is 1.72 bits per heavy atom. The molecule has 3 fully saturated rings. The van der Waals surface area contributed by atoms with Gasteiger partial charge >= 0.3 is 17.9 Å². The summed E-state index contributed by atoms with van der Waals surface area (Å²) in [6, 6.07) is 0. The lowest BCUT2D eigenvalue weighted by atomic mass is 9.52. The molecule has 0 radical (unpaired) electrons.